The van der Waals surface area contributed by atoms with Crippen LogP contribution >= 0.6 is 11.6 Å². The molecule has 3 aromatic rings. The molecule has 0 unspecified atom stereocenters. The third kappa shape index (κ3) is 2.30. The maximum atomic E-state index is 11.8. The fourth-order valence-corrected chi connectivity index (χ4v) is 2.94. The number of primary amides is 1. The van der Waals surface area contributed by atoms with Crippen molar-refractivity contribution >= 4 is 28.4 Å². The van der Waals surface area contributed by atoms with Crippen LogP contribution < -0.4 is 5.73 Å². The molecule has 2 N–H and O–H groups in total. The fourth-order valence-electron chi connectivity index (χ4n) is 2.74. The number of para-hydroxylation sites is 1. The molecule has 0 saturated carbocycles. The van der Waals surface area contributed by atoms with Gasteiger partial charge in [-0.25, -0.2) is 0 Å². The largest absolute Gasteiger partial charge is 0.366 e. The van der Waals surface area contributed by atoms with Crippen LogP contribution in [0.4, 0.5) is 0 Å². The Balaban J connectivity index is 2.21. The third-order valence-electron chi connectivity index (χ3n) is 3.76. The van der Waals surface area contributed by atoms with Crippen molar-refractivity contribution in [2.45, 2.75) is 13.5 Å². The Hall–Kier alpha value is -2.26. The minimum Gasteiger partial charge on any atom is -0.366 e. The van der Waals surface area contributed by atoms with Gasteiger partial charge in [-0.05, 0) is 24.6 Å². The van der Waals surface area contributed by atoms with Gasteiger partial charge < -0.3 is 10.3 Å². The van der Waals surface area contributed by atoms with Crippen LogP contribution in [-0.2, 0) is 6.54 Å². The van der Waals surface area contributed by atoms with Crippen molar-refractivity contribution < 1.29 is 4.79 Å². The molecule has 3 rings (SSSR count). The topological polar surface area (TPSA) is 48.0 Å². The van der Waals surface area contributed by atoms with Gasteiger partial charge in [-0.15, -0.1) is 0 Å². The Morgan fingerprint density at radius 3 is 2.52 bits per heavy atom. The summed E-state index contributed by atoms with van der Waals surface area (Å²) in [5.41, 5.74) is 8.99. The predicted octanol–water partition coefficient (Wildman–Crippen LogP) is 3.75. The standard InChI is InChI=1S/C17H15ClN2O/c1-11-16(17(19)21)13-7-3-5-9-15(13)20(11)10-12-6-2-4-8-14(12)18/h2-9H,10H2,1H3,(H2,19,21). The minimum atomic E-state index is -0.401. The second-order valence-corrected chi connectivity index (χ2v) is 5.43. The number of nitrogens with two attached hydrogens (primary N) is 1. The quantitative estimate of drug-likeness (QED) is 0.786. The lowest BCUT2D eigenvalue weighted by Crippen LogP contribution is -2.13. The molecule has 4 heteroatoms. The molecule has 1 heterocycles. The Bertz CT molecular complexity index is 836. The van der Waals surface area contributed by atoms with Gasteiger partial charge in [0.05, 0.1) is 5.56 Å². The number of halogens is 1. The van der Waals surface area contributed by atoms with Gasteiger partial charge in [0.15, 0.2) is 0 Å². The summed E-state index contributed by atoms with van der Waals surface area (Å²) in [6.07, 6.45) is 0. The number of hydrogen-bond acceptors (Lipinski definition) is 1. The van der Waals surface area contributed by atoms with E-state index in [2.05, 4.69) is 4.57 Å². The summed E-state index contributed by atoms with van der Waals surface area (Å²) in [7, 11) is 0. The van der Waals surface area contributed by atoms with Crippen molar-refractivity contribution in [1.82, 2.24) is 4.57 Å². The van der Waals surface area contributed by atoms with E-state index in [1.165, 1.54) is 0 Å². The summed E-state index contributed by atoms with van der Waals surface area (Å²) in [5.74, 6) is -0.401. The van der Waals surface area contributed by atoms with Crippen molar-refractivity contribution in [3.8, 4) is 0 Å². The van der Waals surface area contributed by atoms with Crippen molar-refractivity contribution in [3.05, 3.63) is 70.4 Å². The first kappa shape index (κ1) is 13.7. The lowest BCUT2D eigenvalue weighted by Gasteiger charge is -2.10. The van der Waals surface area contributed by atoms with E-state index in [4.69, 9.17) is 17.3 Å². The van der Waals surface area contributed by atoms with Gasteiger partial charge in [0.2, 0.25) is 0 Å². The summed E-state index contributed by atoms with van der Waals surface area (Å²) in [6, 6.07) is 15.5. The molecule has 0 bridgehead atoms. The predicted molar refractivity (Wildman–Crippen MR) is 85.7 cm³/mol. The molecule has 2 aromatic carbocycles. The van der Waals surface area contributed by atoms with Crippen molar-refractivity contribution in [1.29, 1.82) is 0 Å². The van der Waals surface area contributed by atoms with Crippen LogP contribution in [0.25, 0.3) is 10.9 Å². The van der Waals surface area contributed by atoms with Gasteiger partial charge in [0.25, 0.3) is 5.91 Å². The van der Waals surface area contributed by atoms with E-state index in [-0.39, 0.29) is 0 Å². The highest BCUT2D eigenvalue weighted by Gasteiger charge is 2.17. The third-order valence-corrected chi connectivity index (χ3v) is 4.13. The molecule has 0 fully saturated rings. The SMILES string of the molecule is Cc1c(C(N)=O)c2ccccc2n1Cc1ccccc1Cl. The van der Waals surface area contributed by atoms with Gasteiger partial charge in [0, 0.05) is 28.2 Å². The fraction of sp³-hybridized carbons (Fsp3) is 0.118. The molecule has 0 radical (unpaired) electrons. The number of carbonyl (C=O) groups is 1. The molecule has 0 spiro atoms. The van der Waals surface area contributed by atoms with Crippen LogP contribution in [0.15, 0.2) is 48.5 Å². The van der Waals surface area contributed by atoms with E-state index < -0.39 is 5.91 Å². The van der Waals surface area contributed by atoms with Crippen molar-refractivity contribution in [2.24, 2.45) is 5.73 Å². The van der Waals surface area contributed by atoms with Crippen LogP contribution in [0.5, 0.6) is 0 Å². The van der Waals surface area contributed by atoms with Crippen LogP contribution in [0.3, 0.4) is 0 Å². The molecule has 0 aliphatic rings. The molecule has 0 saturated heterocycles. The van der Waals surface area contributed by atoms with E-state index in [1.807, 2.05) is 55.5 Å². The molecule has 1 amide bonds. The Morgan fingerprint density at radius 2 is 1.81 bits per heavy atom. The second-order valence-electron chi connectivity index (χ2n) is 5.02. The minimum absolute atomic E-state index is 0.401. The lowest BCUT2D eigenvalue weighted by atomic mass is 10.1. The molecule has 0 aliphatic carbocycles. The highest BCUT2D eigenvalue weighted by molar-refractivity contribution is 6.31. The summed E-state index contributed by atoms with van der Waals surface area (Å²) in [4.78, 5) is 11.8. The molecule has 1 aromatic heterocycles. The number of fused-ring (bicyclic) bond motifs is 1. The van der Waals surface area contributed by atoms with E-state index in [1.54, 1.807) is 0 Å². The van der Waals surface area contributed by atoms with Gasteiger partial charge in [-0.1, -0.05) is 48.0 Å². The van der Waals surface area contributed by atoms with E-state index in [0.717, 1.165) is 27.2 Å². The molecule has 21 heavy (non-hydrogen) atoms. The Labute approximate surface area is 127 Å². The number of benzene rings is 2. The zero-order valence-corrected chi connectivity index (χ0v) is 12.4. The second kappa shape index (κ2) is 5.26. The maximum absolute atomic E-state index is 11.8. The smallest absolute Gasteiger partial charge is 0.251 e. The highest BCUT2D eigenvalue weighted by atomic mass is 35.5. The molecular formula is C17H15ClN2O. The van der Waals surface area contributed by atoms with E-state index in [9.17, 15) is 4.79 Å². The van der Waals surface area contributed by atoms with Crippen molar-refractivity contribution in [3.63, 3.8) is 0 Å². The van der Waals surface area contributed by atoms with Crippen LogP contribution in [0.1, 0.15) is 21.6 Å². The average molecular weight is 299 g/mol. The monoisotopic (exact) mass is 298 g/mol. The van der Waals surface area contributed by atoms with Crippen LogP contribution in [0.2, 0.25) is 5.02 Å². The molecular weight excluding hydrogens is 284 g/mol. The molecule has 0 aliphatic heterocycles. The number of nitrogens with zero attached hydrogens (tertiary/aromatic N) is 1. The van der Waals surface area contributed by atoms with Gasteiger partial charge in [-0.3, -0.25) is 4.79 Å². The number of carbonyl (C=O) groups excluding carboxylic acids is 1. The summed E-state index contributed by atoms with van der Waals surface area (Å²) in [5, 5.41) is 1.60. The molecule has 106 valence electrons. The normalized spacial score (nSPS) is 11.0. The number of amides is 1. The summed E-state index contributed by atoms with van der Waals surface area (Å²) >= 11 is 6.24. The zero-order chi connectivity index (χ0) is 15.0. The maximum Gasteiger partial charge on any atom is 0.251 e. The van der Waals surface area contributed by atoms with Gasteiger partial charge in [-0.2, -0.15) is 0 Å². The first-order valence-electron chi connectivity index (χ1n) is 6.70. The summed E-state index contributed by atoms with van der Waals surface area (Å²) in [6.45, 7) is 2.52. The number of hydrogen-bond donors (Lipinski definition) is 1. The molecule has 0 atom stereocenters. The highest BCUT2D eigenvalue weighted by Crippen LogP contribution is 2.27. The average Bonchev–Trinajstić information content (AvgIpc) is 2.74. The first-order chi connectivity index (χ1) is 10.1. The van der Waals surface area contributed by atoms with E-state index >= 15 is 0 Å². The lowest BCUT2D eigenvalue weighted by molar-refractivity contribution is 0.100. The molecule has 3 nitrogen and oxygen atoms in total. The van der Waals surface area contributed by atoms with Crippen molar-refractivity contribution in [2.75, 3.05) is 0 Å². The van der Waals surface area contributed by atoms with Crippen LogP contribution in [-0.4, -0.2) is 10.5 Å². The first-order valence-corrected chi connectivity index (χ1v) is 7.08. The van der Waals surface area contributed by atoms with Gasteiger partial charge >= 0.3 is 0 Å². The Kier molecular flexibility index (Phi) is 3.43. The van der Waals surface area contributed by atoms with Crippen LogP contribution in [0, 0.1) is 6.92 Å². The number of aromatic nitrogens is 1. The summed E-state index contributed by atoms with van der Waals surface area (Å²) < 4.78 is 2.08. The zero-order valence-electron chi connectivity index (χ0n) is 11.6. The van der Waals surface area contributed by atoms with Gasteiger partial charge in [0.1, 0.15) is 0 Å². The Morgan fingerprint density at radius 1 is 1.14 bits per heavy atom. The van der Waals surface area contributed by atoms with E-state index in [0.29, 0.717) is 12.1 Å². The number of rotatable bonds is 3.